The van der Waals surface area contributed by atoms with Crippen molar-refractivity contribution in [2.75, 3.05) is 24.9 Å². The van der Waals surface area contributed by atoms with E-state index in [0.717, 1.165) is 16.4 Å². The lowest BCUT2D eigenvalue weighted by Gasteiger charge is -2.18. The fourth-order valence-corrected chi connectivity index (χ4v) is 2.31. The van der Waals surface area contributed by atoms with Gasteiger partial charge in [-0.2, -0.15) is 12.7 Å². The van der Waals surface area contributed by atoms with E-state index in [9.17, 15) is 17.2 Å². The molecule has 0 spiro atoms. The van der Waals surface area contributed by atoms with Crippen LogP contribution in [0.2, 0.25) is 0 Å². The molecule has 5 nitrogen and oxygen atoms in total. The minimum atomic E-state index is -3.97. The van der Waals surface area contributed by atoms with Gasteiger partial charge in [0.05, 0.1) is 5.69 Å². The van der Waals surface area contributed by atoms with Crippen molar-refractivity contribution in [3.63, 3.8) is 0 Å². The Morgan fingerprint density at radius 2 is 1.95 bits per heavy atom. The van der Waals surface area contributed by atoms with Gasteiger partial charge in [-0.25, -0.2) is 8.78 Å². The fourth-order valence-electron chi connectivity index (χ4n) is 1.35. The summed E-state index contributed by atoms with van der Waals surface area (Å²) in [5.41, 5.74) is -0.354. The Morgan fingerprint density at radius 1 is 1.32 bits per heavy atom. The van der Waals surface area contributed by atoms with Gasteiger partial charge in [-0.15, -0.1) is 0 Å². The van der Waals surface area contributed by atoms with Crippen molar-refractivity contribution in [1.82, 2.24) is 4.31 Å². The number of rotatable bonds is 6. The maximum Gasteiger partial charge on any atom is 0.301 e. The number of hydrogen-bond acceptors (Lipinski definition) is 3. The zero-order chi connectivity index (χ0) is 14.6. The van der Waals surface area contributed by atoms with Crippen molar-refractivity contribution in [1.29, 1.82) is 0 Å². The largest absolute Gasteiger partial charge is 0.396 e. The van der Waals surface area contributed by atoms with Gasteiger partial charge in [-0.3, -0.25) is 4.72 Å². The Hall–Kier alpha value is -1.25. The highest BCUT2D eigenvalue weighted by molar-refractivity contribution is 7.90. The Kier molecular flexibility index (Phi) is 5.21. The van der Waals surface area contributed by atoms with Crippen LogP contribution in [-0.2, 0) is 10.2 Å². The van der Waals surface area contributed by atoms with Crippen LogP contribution < -0.4 is 4.72 Å². The maximum absolute atomic E-state index is 13.5. The van der Waals surface area contributed by atoms with Gasteiger partial charge in [-0.05, 0) is 25.0 Å². The zero-order valence-corrected chi connectivity index (χ0v) is 11.5. The van der Waals surface area contributed by atoms with E-state index in [1.807, 2.05) is 4.72 Å². The van der Waals surface area contributed by atoms with Crippen LogP contribution in [0.5, 0.6) is 0 Å². The molecule has 0 unspecified atom stereocenters. The van der Waals surface area contributed by atoms with Gasteiger partial charge in [0.1, 0.15) is 11.6 Å². The predicted molar refractivity (Wildman–Crippen MR) is 68.0 cm³/mol. The lowest BCUT2D eigenvalue weighted by Crippen LogP contribution is -2.34. The Balaban J connectivity index is 2.92. The van der Waals surface area contributed by atoms with E-state index in [-0.39, 0.29) is 25.1 Å². The van der Waals surface area contributed by atoms with Crippen LogP contribution in [0.4, 0.5) is 14.5 Å². The van der Waals surface area contributed by atoms with E-state index in [2.05, 4.69) is 0 Å². The topological polar surface area (TPSA) is 69.6 Å². The molecule has 0 aromatic heterocycles. The molecule has 1 aromatic carbocycles. The molecular formula is C11H16F2N2O3S. The number of nitrogens with zero attached hydrogens (tertiary/aromatic N) is 1. The van der Waals surface area contributed by atoms with E-state index in [1.54, 1.807) is 0 Å². The summed E-state index contributed by atoms with van der Waals surface area (Å²) in [5.74, 6) is -1.55. The van der Waals surface area contributed by atoms with Gasteiger partial charge in [0, 0.05) is 26.3 Å². The number of aliphatic hydroxyl groups excluding tert-OH is 1. The van der Waals surface area contributed by atoms with E-state index in [1.165, 1.54) is 14.0 Å². The summed E-state index contributed by atoms with van der Waals surface area (Å²) in [5, 5.41) is 8.63. The number of hydrogen-bond donors (Lipinski definition) is 2. The Labute approximate surface area is 111 Å². The second kappa shape index (κ2) is 6.27. The lowest BCUT2D eigenvalue weighted by atomic mass is 10.2. The number of halogens is 2. The average molecular weight is 294 g/mol. The summed E-state index contributed by atoms with van der Waals surface area (Å²) >= 11 is 0. The average Bonchev–Trinajstić information content (AvgIpc) is 2.32. The van der Waals surface area contributed by atoms with Gasteiger partial charge >= 0.3 is 10.2 Å². The highest BCUT2D eigenvalue weighted by Gasteiger charge is 2.19. The molecule has 0 atom stereocenters. The van der Waals surface area contributed by atoms with Crippen molar-refractivity contribution in [2.45, 2.75) is 13.3 Å². The van der Waals surface area contributed by atoms with Gasteiger partial charge in [0.25, 0.3) is 0 Å². The Morgan fingerprint density at radius 3 is 2.53 bits per heavy atom. The molecular weight excluding hydrogens is 278 g/mol. The summed E-state index contributed by atoms with van der Waals surface area (Å²) in [6.07, 6.45) is 0.252. The van der Waals surface area contributed by atoms with Gasteiger partial charge in [-0.1, -0.05) is 0 Å². The first-order valence-corrected chi connectivity index (χ1v) is 7.02. The highest BCUT2D eigenvalue weighted by Crippen LogP contribution is 2.20. The summed E-state index contributed by atoms with van der Waals surface area (Å²) < 4.78 is 53.3. The standard InChI is InChI=1S/C11H16F2N2O3S/c1-8-6-10(13)11(7-9(8)12)14-19(17,18)15(2)4-3-5-16/h6-7,14,16H,3-5H2,1-2H3. The molecule has 1 aromatic rings. The molecule has 2 N–H and O–H groups in total. The minimum Gasteiger partial charge on any atom is -0.396 e. The van der Waals surface area contributed by atoms with Crippen LogP contribution in [0, 0.1) is 18.6 Å². The second-order valence-electron chi connectivity index (χ2n) is 4.09. The third kappa shape index (κ3) is 4.12. The molecule has 0 aliphatic heterocycles. The molecule has 0 radical (unpaired) electrons. The fraction of sp³-hybridized carbons (Fsp3) is 0.455. The van der Waals surface area contributed by atoms with Crippen LogP contribution in [0.25, 0.3) is 0 Å². The minimum absolute atomic E-state index is 0.0712. The van der Waals surface area contributed by atoms with Crippen molar-refractivity contribution in [2.24, 2.45) is 0 Å². The van der Waals surface area contributed by atoms with Gasteiger partial charge in [0.15, 0.2) is 0 Å². The maximum atomic E-state index is 13.5. The first-order valence-electron chi connectivity index (χ1n) is 5.58. The second-order valence-corrected chi connectivity index (χ2v) is 5.86. The molecule has 0 aliphatic carbocycles. The number of aliphatic hydroxyl groups is 1. The first-order chi connectivity index (χ1) is 8.77. The molecule has 8 heteroatoms. The molecule has 0 fully saturated rings. The zero-order valence-electron chi connectivity index (χ0n) is 10.7. The SMILES string of the molecule is Cc1cc(F)c(NS(=O)(=O)N(C)CCCO)cc1F. The molecule has 0 saturated carbocycles. The molecule has 0 saturated heterocycles. The third-order valence-corrected chi connectivity index (χ3v) is 4.01. The van der Waals surface area contributed by atoms with Crippen LogP contribution in [0.3, 0.4) is 0 Å². The van der Waals surface area contributed by atoms with Gasteiger partial charge in [0.2, 0.25) is 0 Å². The van der Waals surface area contributed by atoms with Crippen molar-refractivity contribution >= 4 is 15.9 Å². The van der Waals surface area contributed by atoms with E-state index in [4.69, 9.17) is 5.11 Å². The smallest absolute Gasteiger partial charge is 0.301 e. The molecule has 0 heterocycles. The number of nitrogens with one attached hydrogen (secondary N) is 1. The summed E-state index contributed by atoms with van der Waals surface area (Å²) in [4.78, 5) is 0. The van der Waals surface area contributed by atoms with Gasteiger partial charge < -0.3 is 5.11 Å². The molecule has 0 bridgehead atoms. The lowest BCUT2D eigenvalue weighted by molar-refractivity contribution is 0.276. The third-order valence-electron chi connectivity index (χ3n) is 2.53. The molecule has 1 rings (SSSR count). The highest BCUT2D eigenvalue weighted by atomic mass is 32.2. The van der Waals surface area contributed by atoms with Crippen LogP contribution in [0.1, 0.15) is 12.0 Å². The molecule has 19 heavy (non-hydrogen) atoms. The predicted octanol–water partition coefficient (Wildman–Crippen LogP) is 1.24. The van der Waals surface area contributed by atoms with E-state index < -0.39 is 27.5 Å². The number of benzene rings is 1. The molecule has 108 valence electrons. The van der Waals surface area contributed by atoms with Crippen LogP contribution in [-0.4, -0.2) is 38.0 Å². The molecule has 0 amide bonds. The summed E-state index contributed by atoms with van der Waals surface area (Å²) in [6, 6.07) is 1.71. The van der Waals surface area contributed by atoms with Crippen LogP contribution in [0.15, 0.2) is 12.1 Å². The summed E-state index contributed by atoms with van der Waals surface area (Å²) in [7, 11) is -2.69. The quantitative estimate of drug-likeness (QED) is 0.829. The van der Waals surface area contributed by atoms with E-state index >= 15 is 0 Å². The summed E-state index contributed by atoms with van der Waals surface area (Å²) in [6.45, 7) is 1.29. The van der Waals surface area contributed by atoms with Crippen molar-refractivity contribution in [3.8, 4) is 0 Å². The van der Waals surface area contributed by atoms with Crippen molar-refractivity contribution in [3.05, 3.63) is 29.3 Å². The van der Waals surface area contributed by atoms with E-state index in [0.29, 0.717) is 0 Å². The van der Waals surface area contributed by atoms with Crippen molar-refractivity contribution < 1.29 is 22.3 Å². The number of aryl methyl sites for hydroxylation is 1. The number of anilines is 1. The molecule has 0 aliphatic rings. The monoisotopic (exact) mass is 294 g/mol. The Bertz CT molecular complexity index is 549. The first kappa shape index (κ1) is 15.8. The van der Waals surface area contributed by atoms with Crippen LogP contribution >= 0.6 is 0 Å². The normalized spacial score (nSPS) is 11.9.